The topological polar surface area (TPSA) is 78.6 Å². The number of hydrogen-bond donors (Lipinski definition) is 1. The Kier molecular flexibility index (Phi) is 3.67. The molecule has 0 fully saturated rings. The lowest BCUT2D eigenvalue weighted by atomic mass is 10.1. The van der Waals surface area contributed by atoms with Crippen LogP contribution in [-0.2, 0) is 21.1 Å². The van der Waals surface area contributed by atoms with Crippen molar-refractivity contribution in [2.75, 3.05) is 7.11 Å². The smallest absolute Gasteiger partial charge is 0.333 e. The molecule has 15 heavy (non-hydrogen) atoms. The standard InChI is InChI=1S/C9H13NO4S/c1-7-4-3-5-9(13-2)8(7)6-14-15(10,11)12/h3-5H,6H2,1-2H3,(H2,10,11,12). The number of hydrogen-bond acceptors (Lipinski definition) is 4. The van der Waals surface area contributed by atoms with Gasteiger partial charge >= 0.3 is 10.3 Å². The van der Waals surface area contributed by atoms with Crippen LogP contribution >= 0.6 is 0 Å². The highest BCUT2D eigenvalue weighted by Crippen LogP contribution is 2.22. The Bertz CT molecular complexity index is 441. The first kappa shape index (κ1) is 12.0. The number of benzene rings is 1. The van der Waals surface area contributed by atoms with Gasteiger partial charge in [0.05, 0.1) is 13.7 Å². The molecule has 0 heterocycles. The number of aryl methyl sites for hydroxylation is 1. The van der Waals surface area contributed by atoms with E-state index in [1.807, 2.05) is 19.1 Å². The molecule has 0 saturated heterocycles. The van der Waals surface area contributed by atoms with Gasteiger partial charge in [0, 0.05) is 5.56 Å². The highest BCUT2D eigenvalue weighted by atomic mass is 32.2. The molecular weight excluding hydrogens is 218 g/mol. The SMILES string of the molecule is COc1cccc(C)c1COS(N)(=O)=O. The van der Waals surface area contributed by atoms with Crippen molar-refractivity contribution in [3.8, 4) is 5.75 Å². The van der Waals surface area contributed by atoms with Crippen molar-refractivity contribution < 1.29 is 17.3 Å². The summed E-state index contributed by atoms with van der Waals surface area (Å²) < 4.78 is 30.8. The van der Waals surface area contributed by atoms with Gasteiger partial charge < -0.3 is 4.74 Å². The van der Waals surface area contributed by atoms with E-state index in [4.69, 9.17) is 9.88 Å². The second-order valence-corrected chi connectivity index (χ2v) is 4.23. The van der Waals surface area contributed by atoms with Crippen LogP contribution in [0.25, 0.3) is 0 Å². The molecule has 0 amide bonds. The van der Waals surface area contributed by atoms with Crippen molar-refractivity contribution in [2.24, 2.45) is 5.14 Å². The van der Waals surface area contributed by atoms with Gasteiger partial charge in [-0.05, 0) is 18.6 Å². The van der Waals surface area contributed by atoms with Crippen LogP contribution in [0.15, 0.2) is 18.2 Å². The van der Waals surface area contributed by atoms with Gasteiger partial charge in [0.25, 0.3) is 0 Å². The predicted molar refractivity (Wildman–Crippen MR) is 55.6 cm³/mol. The molecule has 0 aliphatic carbocycles. The van der Waals surface area contributed by atoms with E-state index in [2.05, 4.69) is 4.18 Å². The highest BCUT2D eigenvalue weighted by Gasteiger charge is 2.09. The Hall–Kier alpha value is -1.11. The minimum Gasteiger partial charge on any atom is -0.496 e. The maximum Gasteiger partial charge on any atom is 0.333 e. The summed E-state index contributed by atoms with van der Waals surface area (Å²) in [7, 11) is -2.41. The summed E-state index contributed by atoms with van der Waals surface area (Å²) >= 11 is 0. The third-order valence-electron chi connectivity index (χ3n) is 1.95. The molecule has 0 radical (unpaired) electrons. The van der Waals surface area contributed by atoms with Crippen LogP contribution in [0, 0.1) is 6.92 Å². The van der Waals surface area contributed by atoms with Crippen molar-refractivity contribution in [3.63, 3.8) is 0 Å². The molecule has 1 aromatic rings. The Morgan fingerprint density at radius 2 is 2.07 bits per heavy atom. The van der Waals surface area contributed by atoms with E-state index in [-0.39, 0.29) is 6.61 Å². The molecule has 1 aromatic carbocycles. The molecule has 0 saturated carbocycles. The van der Waals surface area contributed by atoms with E-state index < -0.39 is 10.3 Å². The van der Waals surface area contributed by atoms with Gasteiger partial charge in [-0.1, -0.05) is 12.1 Å². The van der Waals surface area contributed by atoms with Crippen LogP contribution in [0.1, 0.15) is 11.1 Å². The minimum atomic E-state index is -3.92. The third-order valence-corrected chi connectivity index (χ3v) is 2.40. The van der Waals surface area contributed by atoms with Crippen LogP contribution < -0.4 is 9.88 Å². The second kappa shape index (κ2) is 4.61. The van der Waals surface area contributed by atoms with Crippen molar-refractivity contribution >= 4 is 10.3 Å². The maximum atomic E-state index is 10.6. The van der Waals surface area contributed by atoms with Gasteiger partial charge in [0.1, 0.15) is 5.75 Å². The van der Waals surface area contributed by atoms with Crippen LogP contribution in [0.4, 0.5) is 0 Å². The van der Waals surface area contributed by atoms with E-state index >= 15 is 0 Å². The monoisotopic (exact) mass is 231 g/mol. The van der Waals surface area contributed by atoms with E-state index in [1.165, 1.54) is 7.11 Å². The summed E-state index contributed by atoms with van der Waals surface area (Å²) in [6.07, 6.45) is 0. The van der Waals surface area contributed by atoms with Crippen molar-refractivity contribution in [1.29, 1.82) is 0 Å². The Morgan fingerprint density at radius 1 is 1.40 bits per heavy atom. The predicted octanol–water partition coefficient (Wildman–Crippen LogP) is 0.724. The summed E-state index contributed by atoms with van der Waals surface area (Å²) in [6, 6.07) is 5.38. The Morgan fingerprint density at radius 3 is 2.60 bits per heavy atom. The summed E-state index contributed by atoms with van der Waals surface area (Å²) in [5, 5.41) is 4.73. The zero-order valence-corrected chi connectivity index (χ0v) is 9.37. The lowest BCUT2D eigenvalue weighted by Gasteiger charge is -2.10. The fourth-order valence-corrected chi connectivity index (χ4v) is 1.47. The third kappa shape index (κ3) is 3.50. The molecule has 84 valence electrons. The largest absolute Gasteiger partial charge is 0.496 e. The van der Waals surface area contributed by atoms with Crippen LogP contribution in [0.3, 0.4) is 0 Å². The zero-order valence-electron chi connectivity index (χ0n) is 8.56. The average molecular weight is 231 g/mol. The normalized spacial score (nSPS) is 11.4. The minimum absolute atomic E-state index is 0.116. The summed E-state index contributed by atoms with van der Waals surface area (Å²) in [6.45, 7) is 1.72. The van der Waals surface area contributed by atoms with Gasteiger partial charge in [0.2, 0.25) is 0 Å². The van der Waals surface area contributed by atoms with Gasteiger partial charge in [-0.25, -0.2) is 5.14 Å². The van der Waals surface area contributed by atoms with E-state index in [9.17, 15) is 8.42 Å². The quantitative estimate of drug-likeness (QED) is 0.828. The van der Waals surface area contributed by atoms with Crippen molar-refractivity contribution in [2.45, 2.75) is 13.5 Å². The molecule has 0 spiro atoms. The Balaban J connectivity index is 2.93. The number of rotatable bonds is 4. The van der Waals surface area contributed by atoms with Gasteiger partial charge in [0.15, 0.2) is 0 Å². The molecule has 0 aromatic heterocycles. The molecule has 5 nitrogen and oxygen atoms in total. The molecule has 0 aliphatic rings. The molecule has 1 rings (SSSR count). The molecule has 0 unspecified atom stereocenters. The van der Waals surface area contributed by atoms with Gasteiger partial charge in [-0.2, -0.15) is 8.42 Å². The summed E-state index contributed by atoms with van der Waals surface area (Å²) in [5.41, 5.74) is 1.56. The summed E-state index contributed by atoms with van der Waals surface area (Å²) in [4.78, 5) is 0. The molecule has 0 aliphatic heterocycles. The highest BCUT2D eigenvalue weighted by molar-refractivity contribution is 7.84. The lowest BCUT2D eigenvalue weighted by Crippen LogP contribution is -2.16. The van der Waals surface area contributed by atoms with E-state index in [0.717, 1.165) is 5.56 Å². The molecular formula is C9H13NO4S. The average Bonchev–Trinajstić information content (AvgIpc) is 2.14. The van der Waals surface area contributed by atoms with Gasteiger partial charge in [-0.15, -0.1) is 0 Å². The van der Waals surface area contributed by atoms with Crippen LogP contribution in [0.2, 0.25) is 0 Å². The Labute approximate surface area is 89.1 Å². The number of ether oxygens (including phenoxy) is 1. The first-order valence-electron chi connectivity index (χ1n) is 4.23. The number of methoxy groups -OCH3 is 1. The van der Waals surface area contributed by atoms with Gasteiger partial charge in [-0.3, -0.25) is 4.18 Å². The number of nitrogens with two attached hydrogens (primary N) is 1. The first-order chi connectivity index (χ1) is 6.94. The zero-order chi connectivity index (χ0) is 11.5. The van der Waals surface area contributed by atoms with E-state index in [1.54, 1.807) is 6.07 Å². The van der Waals surface area contributed by atoms with Crippen LogP contribution in [-0.4, -0.2) is 15.5 Å². The fraction of sp³-hybridized carbons (Fsp3) is 0.333. The maximum absolute atomic E-state index is 10.6. The first-order valence-corrected chi connectivity index (χ1v) is 5.71. The molecule has 6 heteroatoms. The van der Waals surface area contributed by atoms with Crippen molar-refractivity contribution in [1.82, 2.24) is 0 Å². The van der Waals surface area contributed by atoms with Crippen LogP contribution in [0.5, 0.6) is 5.75 Å². The molecule has 2 N–H and O–H groups in total. The van der Waals surface area contributed by atoms with Crippen molar-refractivity contribution in [3.05, 3.63) is 29.3 Å². The fourth-order valence-electron chi connectivity index (χ4n) is 1.19. The van der Waals surface area contributed by atoms with E-state index in [0.29, 0.717) is 11.3 Å². The summed E-state index contributed by atoms with van der Waals surface area (Å²) in [5.74, 6) is 0.582. The molecule has 0 bridgehead atoms. The molecule has 0 atom stereocenters. The second-order valence-electron chi connectivity index (χ2n) is 3.01. The lowest BCUT2D eigenvalue weighted by molar-refractivity contribution is 0.299.